The molecular formula is C2Cl4NO2P. The lowest BCUT2D eigenvalue weighted by molar-refractivity contribution is 0.561. The zero-order chi connectivity index (χ0) is 8.41. The average Bonchev–Trinajstić information content (AvgIpc) is 1.61. The first-order valence-corrected chi connectivity index (χ1v) is 6.05. The molecule has 0 aromatic heterocycles. The summed E-state index contributed by atoms with van der Waals surface area (Å²) >= 11 is 20.2. The molecule has 0 N–H and O–H groups in total. The van der Waals surface area contributed by atoms with Gasteiger partial charge in [0.25, 0.3) is 4.20 Å². The molecule has 0 atom stereocenters. The lowest BCUT2D eigenvalue weighted by Crippen LogP contribution is -2.01. The van der Waals surface area contributed by atoms with Crippen molar-refractivity contribution in [3.05, 3.63) is 0 Å². The number of hydrogen-bond donors (Lipinski definition) is 0. The van der Waals surface area contributed by atoms with Gasteiger partial charge in [0.2, 0.25) is 6.08 Å². The molecule has 0 rings (SSSR count). The normalized spacial score (nSPS) is 12.4. The zero-order valence-electron chi connectivity index (χ0n) is 4.22. The van der Waals surface area contributed by atoms with Crippen molar-refractivity contribution < 1.29 is 9.36 Å². The van der Waals surface area contributed by atoms with Gasteiger partial charge in [-0.2, -0.15) is 4.99 Å². The molecule has 3 nitrogen and oxygen atoms in total. The molecule has 0 bridgehead atoms. The second kappa shape index (κ2) is 3.44. The molecule has 10 heavy (non-hydrogen) atoms. The molecule has 8 heteroatoms. The monoisotopic (exact) mass is 241 g/mol. The highest BCUT2D eigenvalue weighted by Crippen LogP contribution is 2.71. The third-order valence-electron chi connectivity index (χ3n) is 0.493. The summed E-state index contributed by atoms with van der Waals surface area (Å²) in [6, 6.07) is 0. The summed E-state index contributed by atoms with van der Waals surface area (Å²) < 4.78 is 8.34. The highest BCUT2D eigenvalue weighted by atomic mass is 35.9. The molecule has 0 aliphatic heterocycles. The predicted molar refractivity (Wildman–Crippen MR) is 41.9 cm³/mol. The van der Waals surface area contributed by atoms with Crippen molar-refractivity contribution in [2.45, 2.75) is 4.20 Å². The molecular weight excluding hydrogens is 243 g/mol. The van der Waals surface area contributed by atoms with Crippen molar-refractivity contribution in [3.8, 4) is 0 Å². The molecule has 0 saturated carbocycles. The van der Waals surface area contributed by atoms with E-state index in [2.05, 4.69) is 4.99 Å². The van der Waals surface area contributed by atoms with Crippen LogP contribution in [0, 0.1) is 0 Å². The van der Waals surface area contributed by atoms with Crippen molar-refractivity contribution in [1.82, 2.24) is 0 Å². The molecule has 0 radical (unpaired) electrons. The molecule has 0 aliphatic rings. The lowest BCUT2D eigenvalue weighted by Gasteiger charge is -2.11. The SMILES string of the molecule is O=C=NC(Cl)(Cl)P(=O)(Cl)Cl. The van der Waals surface area contributed by atoms with Gasteiger partial charge in [-0.25, -0.2) is 4.79 Å². The first kappa shape index (κ1) is 10.8. The predicted octanol–water partition coefficient (Wildman–Crippen LogP) is 3.08. The zero-order valence-corrected chi connectivity index (χ0v) is 8.14. The number of nitrogens with zero attached hydrogens (tertiary/aromatic N) is 1. The van der Waals surface area contributed by atoms with E-state index in [0.29, 0.717) is 0 Å². The fraction of sp³-hybridized carbons (Fsp3) is 0.500. The summed E-state index contributed by atoms with van der Waals surface area (Å²) in [4.78, 5) is 12.3. The Hall–Kier alpha value is 0.770. The van der Waals surface area contributed by atoms with Crippen molar-refractivity contribution in [2.24, 2.45) is 4.99 Å². The number of carbonyl (C=O) groups excluding carboxylic acids is 1. The molecule has 0 aromatic carbocycles. The van der Waals surface area contributed by atoms with Crippen LogP contribution in [0.2, 0.25) is 0 Å². The van der Waals surface area contributed by atoms with Gasteiger partial charge in [0, 0.05) is 0 Å². The topological polar surface area (TPSA) is 46.5 Å². The van der Waals surface area contributed by atoms with Crippen LogP contribution in [0.4, 0.5) is 0 Å². The van der Waals surface area contributed by atoms with E-state index in [4.69, 9.17) is 45.7 Å². The molecule has 0 saturated heterocycles. The molecule has 0 fully saturated rings. The van der Waals surface area contributed by atoms with Gasteiger partial charge in [0.05, 0.1) is 0 Å². The van der Waals surface area contributed by atoms with Crippen LogP contribution in [0.15, 0.2) is 4.99 Å². The molecule has 0 unspecified atom stereocenters. The van der Waals surface area contributed by atoms with Crippen molar-refractivity contribution >= 4 is 57.6 Å². The van der Waals surface area contributed by atoms with Crippen LogP contribution in [0.1, 0.15) is 0 Å². The Balaban J connectivity index is 4.74. The molecule has 0 amide bonds. The number of hydrogen-bond acceptors (Lipinski definition) is 3. The highest BCUT2D eigenvalue weighted by molar-refractivity contribution is 8.11. The molecule has 0 aromatic rings. The quantitative estimate of drug-likeness (QED) is 0.246. The van der Waals surface area contributed by atoms with Gasteiger partial charge in [-0.3, -0.25) is 4.57 Å². The molecule has 0 spiro atoms. The highest BCUT2D eigenvalue weighted by Gasteiger charge is 2.43. The number of aliphatic imine (C=N–C) groups is 1. The van der Waals surface area contributed by atoms with Crippen LogP contribution >= 0.6 is 51.5 Å². The van der Waals surface area contributed by atoms with Gasteiger partial charge < -0.3 is 0 Å². The minimum atomic E-state index is -3.84. The van der Waals surface area contributed by atoms with Gasteiger partial charge in [-0.1, -0.05) is 23.2 Å². The van der Waals surface area contributed by atoms with Crippen molar-refractivity contribution in [2.75, 3.05) is 0 Å². The van der Waals surface area contributed by atoms with E-state index < -0.39 is 10.0 Å². The van der Waals surface area contributed by atoms with E-state index in [1.807, 2.05) is 0 Å². The standard InChI is InChI=1S/C2Cl4NO2P/c3-2(4,7-1-8)10(5,6)9. The first-order chi connectivity index (χ1) is 4.31. The smallest absolute Gasteiger partial charge is 0.284 e. The third kappa shape index (κ3) is 2.79. The lowest BCUT2D eigenvalue weighted by atomic mass is 11.3. The fourth-order valence-corrected chi connectivity index (χ4v) is 0.566. The van der Waals surface area contributed by atoms with Gasteiger partial charge in [-0.05, 0) is 22.5 Å². The van der Waals surface area contributed by atoms with E-state index in [1.165, 1.54) is 0 Å². The van der Waals surface area contributed by atoms with Gasteiger partial charge in [0.15, 0.2) is 0 Å². The van der Waals surface area contributed by atoms with E-state index in [9.17, 15) is 9.36 Å². The summed E-state index contributed by atoms with van der Waals surface area (Å²) in [7, 11) is 0. The summed E-state index contributed by atoms with van der Waals surface area (Å²) in [5, 5.41) is 0. The number of halogens is 4. The van der Waals surface area contributed by atoms with Gasteiger partial charge in [-0.15, -0.1) is 0 Å². The Labute approximate surface area is 76.2 Å². The van der Waals surface area contributed by atoms with Crippen LogP contribution in [-0.2, 0) is 9.36 Å². The largest absolute Gasteiger partial charge is 0.310 e. The summed E-state index contributed by atoms with van der Waals surface area (Å²) in [6.07, 6.45) is 0.985. The van der Waals surface area contributed by atoms with E-state index in [-0.39, 0.29) is 0 Å². The molecule has 0 heterocycles. The number of rotatable bonds is 2. The minimum absolute atomic E-state index is 0.985. The number of isocyanates is 1. The van der Waals surface area contributed by atoms with Gasteiger partial charge in [0.1, 0.15) is 0 Å². The number of alkyl halides is 2. The Morgan fingerprint density at radius 2 is 1.80 bits per heavy atom. The third-order valence-corrected chi connectivity index (χ3v) is 5.32. The fourth-order valence-electron chi connectivity index (χ4n) is 0.113. The van der Waals surface area contributed by atoms with E-state index >= 15 is 0 Å². The second-order valence-electron chi connectivity index (χ2n) is 1.17. The molecule has 58 valence electrons. The second-order valence-corrected chi connectivity index (χ2v) is 7.94. The Bertz CT molecular complexity index is 215. The van der Waals surface area contributed by atoms with E-state index in [0.717, 1.165) is 6.08 Å². The minimum Gasteiger partial charge on any atom is -0.284 e. The molecule has 0 aliphatic carbocycles. The average molecular weight is 243 g/mol. The maximum absolute atomic E-state index is 10.6. The summed E-state index contributed by atoms with van der Waals surface area (Å²) in [5.41, 5.74) is 0. The van der Waals surface area contributed by atoms with Crippen LogP contribution in [0.3, 0.4) is 0 Å². The van der Waals surface area contributed by atoms with Crippen molar-refractivity contribution in [1.29, 1.82) is 0 Å². The van der Waals surface area contributed by atoms with Crippen LogP contribution in [0.25, 0.3) is 0 Å². The van der Waals surface area contributed by atoms with E-state index in [1.54, 1.807) is 0 Å². The van der Waals surface area contributed by atoms with Crippen LogP contribution in [0.5, 0.6) is 0 Å². The maximum Gasteiger partial charge on any atom is 0.310 e. The van der Waals surface area contributed by atoms with Crippen LogP contribution < -0.4 is 0 Å². The Morgan fingerprint density at radius 1 is 1.40 bits per heavy atom. The first-order valence-electron chi connectivity index (χ1n) is 1.77. The maximum atomic E-state index is 10.6. The van der Waals surface area contributed by atoms with Gasteiger partial charge >= 0.3 is 5.85 Å². The Morgan fingerprint density at radius 3 is 1.90 bits per heavy atom. The summed E-state index contributed by atoms with van der Waals surface area (Å²) in [6.45, 7) is 0. The Kier molecular flexibility index (Phi) is 3.71. The van der Waals surface area contributed by atoms with Crippen molar-refractivity contribution in [3.63, 3.8) is 0 Å². The van der Waals surface area contributed by atoms with Crippen LogP contribution in [-0.4, -0.2) is 10.3 Å². The summed E-state index contributed by atoms with van der Waals surface area (Å²) in [5.74, 6) is -3.84.